The quantitative estimate of drug-likeness (QED) is 0.285. The summed E-state index contributed by atoms with van der Waals surface area (Å²) in [6.45, 7) is 8.31. The third-order valence-corrected chi connectivity index (χ3v) is 8.82. The van der Waals surface area contributed by atoms with E-state index in [4.69, 9.17) is 23.2 Å². The van der Waals surface area contributed by atoms with Crippen LogP contribution in [0.2, 0.25) is 10.0 Å². The number of carbonyl (C=O) groups is 2. The Labute approximate surface area is 251 Å². The second-order valence-corrected chi connectivity index (χ2v) is 13.4. The number of nitrogens with zero attached hydrogens (tertiary/aromatic N) is 2. The first kappa shape index (κ1) is 32.4. The maximum atomic E-state index is 14.1. The van der Waals surface area contributed by atoms with Crippen molar-refractivity contribution < 1.29 is 22.4 Å². The molecule has 0 bridgehead atoms. The molecule has 0 aliphatic rings. The van der Waals surface area contributed by atoms with Crippen molar-refractivity contribution in [1.29, 1.82) is 0 Å². The van der Waals surface area contributed by atoms with Gasteiger partial charge < -0.3 is 10.2 Å². The fourth-order valence-corrected chi connectivity index (χ4v) is 6.07. The van der Waals surface area contributed by atoms with Gasteiger partial charge in [-0.3, -0.25) is 13.9 Å². The fourth-order valence-electron chi connectivity index (χ4n) is 4.19. The molecule has 0 saturated carbocycles. The summed E-state index contributed by atoms with van der Waals surface area (Å²) in [5, 5.41) is 2.97. The number of benzene rings is 3. The molecule has 7 nitrogen and oxygen atoms in total. The summed E-state index contributed by atoms with van der Waals surface area (Å²) in [5.41, 5.74) is 0.857. The van der Waals surface area contributed by atoms with Crippen molar-refractivity contribution in [3.63, 3.8) is 0 Å². The Balaban J connectivity index is 2.11. The smallest absolute Gasteiger partial charge is 0.264 e. The molecule has 1 N–H and O–H groups in total. The molecule has 0 heterocycles. The van der Waals surface area contributed by atoms with E-state index in [2.05, 4.69) is 5.32 Å². The average Bonchev–Trinajstić information content (AvgIpc) is 2.89. The zero-order valence-electron chi connectivity index (χ0n) is 23.6. The number of hydrogen-bond donors (Lipinski definition) is 1. The highest BCUT2D eigenvalue weighted by atomic mass is 35.5. The Hall–Kier alpha value is -3.14. The molecule has 1 atom stereocenters. The summed E-state index contributed by atoms with van der Waals surface area (Å²) in [4.78, 5) is 28.7. The summed E-state index contributed by atoms with van der Waals surface area (Å²) < 4.78 is 42.4. The van der Waals surface area contributed by atoms with Gasteiger partial charge in [-0.25, -0.2) is 12.8 Å². The molecule has 11 heteroatoms. The molecule has 0 spiro atoms. The lowest BCUT2D eigenvalue weighted by molar-refractivity contribution is -0.141. The molecule has 0 aliphatic carbocycles. The standard InChI is InChI=1S/C30H34Cl2FN3O4S/c1-6-25(29(38)34-30(3,4)5)35(18-21-12-14-22(33)15-13-21)27(37)19-36(26-9-7-8-24(31)28(26)32)41(39,40)23-16-10-20(2)11-17-23/h7-17,25H,6,18-19H2,1-5H3,(H,34,38). The second-order valence-electron chi connectivity index (χ2n) is 10.7. The molecule has 3 aromatic carbocycles. The highest BCUT2D eigenvalue weighted by molar-refractivity contribution is 7.92. The first-order valence-electron chi connectivity index (χ1n) is 13.0. The van der Waals surface area contributed by atoms with E-state index in [1.807, 2.05) is 27.7 Å². The summed E-state index contributed by atoms with van der Waals surface area (Å²) >= 11 is 12.7. The Morgan fingerprint density at radius 1 is 0.976 bits per heavy atom. The number of carbonyl (C=O) groups excluding carboxylic acids is 2. The summed E-state index contributed by atoms with van der Waals surface area (Å²) in [7, 11) is -4.31. The molecule has 0 fully saturated rings. The lowest BCUT2D eigenvalue weighted by atomic mass is 10.1. The predicted octanol–water partition coefficient (Wildman–Crippen LogP) is 6.36. The number of rotatable bonds is 10. The van der Waals surface area contributed by atoms with Crippen LogP contribution in [0.3, 0.4) is 0 Å². The largest absolute Gasteiger partial charge is 0.350 e. The third kappa shape index (κ3) is 8.21. The van der Waals surface area contributed by atoms with E-state index < -0.39 is 45.8 Å². The van der Waals surface area contributed by atoms with Crippen molar-refractivity contribution in [2.45, 2.75) is 64.1 Å². The molecule has 41 heavy (non-hydrogen) atoms. The molecule has 0 aromatic heterocycles. The number of anilines is 1. The van der Waals surface area contributed by atoms with Gasteiger partial charge in [0, 0.05) is 12.1 Å². The van der Waals surface area contributed by atoms with Crippen LogP contribution in [0.1, 0.15) is 45.2 Å². The van der Waals surface area contributed by atoms with Crippen molar-refractivity contribution >= 4 is 50.7 Å². The van der Waals surface area contributed by atoms with E-state index in [-0.39, 0.29) is 33.6 Å². The molecule has 220 valence electrons. The van der Waals surface area contributed by atoms with Gasteiger partial charge >= 0.3 is 0 Å². The first-order valence-corrected chi connectivity index (χ1v) is 15.2. The van der Waals surface area contributed by atoms with Gasteiger partial charge in [0.05, 0.1) is 20.6 Å². The van der Waals surface area contributed by atoms with E-state index in [9.17, 15) is 22.4 Å². The van der Waals surface area contributed by atoms with Gasteiger partial charge in [0.2, 0.25) is 11.8 Å². The third-order valence-electron chi connectivity index (χ3n) is 6.24. The minimum absolute atomic E-state index is 0.0158. The topological polar surface area (TPSA) is 86.8 Å². The Bertz CT molecular complexity index is 1490. The average molecular weight is 623 g/mol. The van der Waals surface area contributed by atoms with Crippen molar-refractivity contribution in [2.75, 3.05) is 10.8 Å². The SMILES string of the molecule is CCC(C(=O)NC(C)(C)C)N(Cc1ccc(F)cc1)C(=O)CN(c1cccc(Cl)c1Cl)S(=O)(=O)c1ccc(C)cc1. The van der Waals surface area contributed by atoms with Gasteiger partial charge in [-0.05, 0) is 76.1 Å². The van der Waals surface area contributed by atoms with Gasteiger partial charge in [-0.2, -0.15) is 0 Å². The molecule has 3 rings (SSSR count). The van der Waals surface area contributed by atoms with Crippen LogP contribution in [0, 0.1) is 12.7 Å². The Kier molecular flexibility index (Phi) is 10.4. The van der Waals surface area contributed by atoms with Crippen LogP contribution in [0.15, 0.2) is 71.6 Å². The lowest BCUT2D eigenvalue weighted by Crippen LogP contribution is -2.55. The summed E-state index contributed by atoms with van der Waals surface area (Å²) in [6.07, 6.45) is 0.248. The Morgan fingerprint density at radius 3 is 2.15 bits per heavy atom. The molecular weight excluding hydrogens is 588 g/mol. The maximum absolute atomic E-state index is 14.1. The zero-order chi connectivity index (χ0) is 30.5. The minimum Gasteiger partial charge on any atom is -0.350 e. The summed E-state index contributed by atoms with van der Waals surface area (Å²) in [5.74, 6) is -1.50. The number of halogens is 3. The Morgan fingerprint density at radius 2 is 1.59 bits per heavy atom. The van der Waals surface area contributed by atoms with Crippen molar-refractivity contribution in [2.24, 2.45) is 0 Å². The zero-order valence-corrected chi connectivity index (χ0v) is 25.9. The molecule has 0 saturated heterocycles. The van der Waals surface area contributed by atoms with Crippen molar-refractivity contribution in [3.8, 4) is 0 Å². The molecule has 0 aliphatic heterocycles. The monoisotopic (exact) mass is 621 g/mol. The van der Waals surface area contributed by atoms with E-state index in [1.165, 1.54) is 59.5 Å². The van der Waals surface area contributed by atoms with Gasteiger partial charge in [-0.15, -0.1) is 0 Å². The molecule has 3 aromatic rings. The highest BCUT2D eigenvalue weighted by Crippen LogP contribution is 2.35. The van der Waals surface area contributed by atoms with E-state index in [0.29, 0.717) is 5.56 Å². The number of hydrogen-bond acceptors (Lipinski definition) is 4. The van der Waals surface area contributed by atoms with Gasteiger partial charge in [0.15, 0.2) is 0 Å². The summed E-state index contributed by atoms with van der Waals surface area (Å²) in [6, 6.07) is 15.3. The number of nitrogens with one attached hydrogen (secondary N) is 1. The van der Waals surface area contributed by atoms with Gasteiger partial charge in [0.25, 0.3) is 10.0 Å². The number of amides is 2. The molecule has 1 unspecified atom stereocenters. The van der Waals surface area contributed by atoms with Gasteiger partial charge in [0.1, 0.15) is 18.4 Å². The lowest BCUT2D eigenvalue weighted by Gasteiger charge is -2.35. The van der Waals surface area contributed by atoms with Crippen molar-refractivity contribution in [3.05, 3.63) is 93.7 Å². The maximum Gasteiger partial charge on any atom is 0.264 e. The minimum atomic E-state index is -4.31. The second kappa shape index (κ2) is 13.2. The normalized spacial score (nSPS) is 12.5. The first-order chi connectivity index (χ1) is 19.1. The van der Waals surface area contributed by atoms with Crippen LogP contribution in [0.5, 0.6) is 0 Å². The fraction of sp³-hybridized carbons (Fsp3) is 0.333. The van der Waals surface area contributed by atoms with E-state index >= 15 is 0 Å². The van der Waals surface area contributed by atoms with E-state index in [0.717, 1.165) is 9.87 Å². The van der Waals surface area contributed by atoms with Crippen LogP contribution >= 0.6 is 23.2 Å². The van der Waals surface area contributed by atoms with Crippen LogP contribution in [0.4, 0.5) is 10.1 Å². The van der Waals surface area contributed by atoms with Crippen molar-refractivity contribution in [1.82, 2.24) is 10.2 Å². The molecule has 2 amide bonds. The van der Waals surface area contributed by atoms with Gasteiger partial charge in [-0.1, -0.05) is 66.0 Å². The predicted molar refractivity (Wildman–Crippen MR) is 161 cm³/mol. The highest BCUT2D eigenvalue weighted by Gasteiger charge is 2.35. The number of sulfonamides is 1. The van der Waals surface area contributed by atoms with E-state index in [1.54, 1.807) is 19.1 Å². The van der Waals surface area contributed by atoms with Crippen LogP contribution in [-0.2, 0) is 26.2 Å². The molecule has 0 radical (unpaired) electrons. The van der Waals surface area contributed by atoms with Crippen LogP contribution in [0.25, 0.3) is 0 Å². The molecular formula is C30H34Cl2FN3O4S. The van der Waals surface area contributed by atoms with Crippen LogP contribution in [-0.4, -0.2) is 43.3 Å². The van der Waals surface area contributed by atoms with Crippen LogP contribution < -0.4 is 9.62 Å². The number of aryl methyl sites for hydroxylation is 1.